The first-order valence-electron chi connectivity index (χ1n) is 9.39. The van der Waals surface area contributed by atoms with Crippen LogP contribution in [-0.4, -0.2) is 62.7 Å². The summed E-state index contributed by atoms with van der Waals surface area (Å²) in [5, 5.41) is 13.3. The molecule has 1 saturated heterocycles. The molecule has 3 rings (SSSR count). The number of likely N-dealkylation sites (tertiary alicyclic amines) is 1. The number of aliphatic carboxylic acids is 1. The van der Waals surface area contributed by atoms with E-state index in [0.717, 1.165) is 50.5 Å². The highest BCUT2D eigenvalue weighted by Gasteiger charge is 2.21. The maximum Gasteiger partial charge on any atom is 0.303 e. The van der Waals surface area contributed by atoms with Gasteiger partial charge in [0.05, 0.1) is 24.4 Å². The van der Waals surface area contributed by atoms with Gasteiger partial charge in [0.2, 0.25) is 5.91 Å². The average molecular weight is 348 g/mol. The number of carbonyl (C=O) groups excluding carboxylic acids is 1. The van der Waals surface area contributed by atoms with Crippen LogP contribution in [0.3, 0.4) is 0 Å². The second-order valence-electron chi connectivity index (χ2n) is 7.07. The number of carboxylic acids is 1. The highest BCUT2D eigenvalue weighted by molar-refractivity contribution is 5.76. The Bertz CT molecular complexity index is 607. The Balaban J connectivity index is 1.54. The second kappa shape index (κ2) is 8.47. The van der Waals surface area contributed by atoms with Crippen LogP contribution in [0.2, 0.25) is 0 Å². The lowest BCUT2D eigenvalue weighted by atomic mass is 10.1. The summed E-state index contributed by atoms with van der Waals surface area (Å²) in [5.41, 5.74) is 1.82. The minimum Gasteiger partial charge on any atom is -0.481 e. The van der Waals surface area contributed by atoms with E-state index in [9.17, 15) is 9.59 Å². The first-order chi connectivity index (χ1) is 12.1. The summed E-state index contributed by atoms with van der Waals surface area (Å²) in [7, 11) is 0. The number of nitrogens with zero attached hydrogens (tertiary/aromatic N) is 4. The number of fused-ring (bicyclic) bond motifs is 1. The van der Waals surface area contributed by atoms with Crippen LogP contribution in [0.4, 0.5) is 0 Å². The molecule has 2 aliphatic rings. The molecular formula is C18H28N4O3. The van der Waals surface area contributed by atoms with E-state index in [-0.39, 0.29) is 12.3 Å². The van der Waals surface area contributed by atoms with Gasteiger partial charge in [-0.3, -0.25) is 14.3 Å². The van der Waals surface area contributed by atoms with Gasteiger partial charge in [-0.2, -0.15) is 5.10 Å². The fraction of sp³-hybridized carbons (Fsp3) is 0.722. The molecule has 0 bridgehead atoms. The van der Waals surface area contributed by atoms with E-state index in [1.54, 1.807) is 0 Å². The van der Waals surface area contributed by atoms with Gasteiger partial charge >= 0.3 is 5.97 Å². The van der Waals surface area contributed by atoms with E-state index in [1.807, 2.05) is 15.6 Å². The maximum absolute atomic E-state index is 12.6. The summed E-state index contributed by atoms with van der Waals surface area (Å²) in [4.78, 5) is 27.7. The van der Waals surface area contributed by atoms with Gasteiger partial charge in [-0.15, -0.1) is 0 Å². The van der Waals surface area contributed by atoms with E-state index in [2.05, 4.69) is 10.00 Å². The van der Waals surface area contributed by atoms with Crippen LogP contribution < -0.4 is 0 Å². The van der Waals surface area contributed by atoms with Crippen molar-refractivity contribution in [3.05, 3.63) is 17.5 Å². The minimum absolute atomic E-state index is 0.0922. The molecule has 1 aromatic rings. The Morgan fingerprint density at radius 1 is 1.04 bits per heavy atom. The number of aromatic nitrogens is 2. The van der Waals surface area contributed by atoms with Gasteiger partial charge in [-0.25, -0.2) is 0 Å². The molecule has 0 aromatic carbocycles. The molecule has 138 valence electrons. The molecule has 0 spiro atoms. The fourth-order valence-corrected chi connectivity index (χ4v) is 3.69. The van der Waals surface area contributed by atoms with Gasteiger partial charge in [0.1, 0.15) is 0 Å². The summed E-state index contributed by atoms with van der Waals surface area (Å²) in [6.07, 6.45) is 5.81. The SMILES string of the molecule is O=C(O)CCc1cc2n(n1)CCCN(C(=O)CCN1CCCCC1)C2. The molecule has 0 atom stereocenters. The molecule has 7 heteroatoms. The van der Waals surface area contributed by atoms with E-state index < -0.39 is 5.97 Å². The molecule has 0 radical (unpaired) electrons. The molecule has 1 amide bonds. The van der Waals surface area contributed by atoms with Crippen molar-refractivity contribution >= 4 is 11.9 Å². The van der Waals surface area contributed by atoms with Crippen LogP contribution in [-0.2, 0) is 29.1 Å². The first-order valence-corrected chi connectivity index (χ1v) is 9.39. The van der Waals surface area contributed by atoms with E-state index in [4.69, 9.17) is 5.11 Å². The first kappa shape index (κ1) is 17.9. The van der Waals surface area contributed by atoms with Crippen molar-refractivity contribution in [2.75, 3.05) is 26.2 Å². The maximum atomic E-state index is 12.6. The number of hydrogen-bond donors (Lipinski definition) is 1. The Morgan fingerprint density at radius 2 is 1.84 bits per heavy atom. The molecule has 2 aliphatic heterocycles. The Morgan fingerprint density at radius 3 is 2.60 bits per heavy atom. The summed E-state index contributed by atoms with van der Waals surface area (Å²) in [5.74, 6) is -0.593. The van der Waals surface area contributed by atoms with Gasteiger partial charge in [0.15, 0.2) is 0 Å². The number of aryl methyl sites for hydroxylation is 2. The number of hydrogen-bond acceptors (Lipinski definition) is 4. The summed E-state index contributed by atoms with van der Waals surface area (Å²) in [6, 6.07) is 1.96. The number of rotatable bonds is 6. The molecule has 1 aromatic heterocycles. The van der Waals surface area contributed by atoms with Gasteiger partial charge < -0.3 is 14.9 Å². The largest absolute Gasteiger partial charge is 0.481 e. The third kappa shape index (κ3) is 5.04. The highest BCUT2D eigenvalue weighted by atomic mass is 16.4. The van der Waals surface area contributed by atoms with Gasteiger partial charge in [-0.05, 0) is 38.4 Å². The van der Waals surface area contributed by atoms with Crippen molar-refractivity contribution in [1.82, 2.24) is 19.6 Å². The van der Waals surface area contributed by atoms with E-state index >= 15 is 0 Å². The Kier molecular flexibility index (Phi) is 6.07. The van der Waals surface area contributed by atoms with Crippen molar-refractivity contribution < 1.29 is 14.7 Å². The van der Waals surface area contributed by atoms with Gasteiger partial charge in [0.25, 0.3) is 0 Å². The zero-order valence-corrected chi connectivity index (χ0v) is 14.8. The lowest BCUT2D eigenvalue weighted by molar-refractivity contribution is -0.137. The number of carbonyl (C=O) groups is 2. The number of carboxylic acid groups (broad SMARTS) is 1. The van der Waals surface area contributed by atoms with Gasteiger partial charge in [-0.1, -0.05) is 6.42 Å². The molecule has 7 nitrogen and oxygen atoms in total. The molecule has 0 unspecified atom stereocenters. The number of piperidine rings is 1. The molecule has 1 N–H and O–H groups in total. The monoisotopic (exact) mass is 348 g/mol. The molecule has 0 saturated carbocycles. The predicted octanol–water partition coefficient (Wildman–Crippen LogP) is 1.51. The summed E-state index contributed by atoms with van der Waals surface area (Å²) >= 11 is 0. The molecular weight excluding hydrogens is 320 g/mol. The summed E-state index contributed by atoms with van der Waals surface area (Å²) < 4.78 is 1.94. The van der Waals surface area contributed by atoms with Crippen LogP contribution in [0.15, 0.2) is 6.07 Å². The zero-order valence-electron chi connectivity index (χ0n) is 14.8. The number of amides is 1. The Hall–Kier alpha value is -1.89. The fourth-order valence-electron chi connectivity index (χ4n) is 3.69. The zero-order chi connectivity index (χ0) is 17.6. The van der Waals surface area contributed by atoms with Crippen LogP contribution in [0.1, 0.15) is 49.9 Å². The van der Waals surface area contributed by atoms with Crippen molar-refractivity contribution in [3.8, 4) is 0 Å². The molecule has 0 aliphatic carbocycles. The highest BCUT2D eigenvalue weighted by Crippen LogP contribution is 2.16. The normalized spacial score (nSPS) is 18.6. The Labute approximate surface area is 148 Å². The molecule has 1 fully saturated rings. The third-order valence-corrected chi connectivity index (χ3v) is 5.10. The third-order valence-electron chi connectivity index (χ3n) is 5.10. The lowest BCUT2D eigenvalue weighted by Gasteiger charge is -2.27. The van der Waals surface area contributed by atoms with Crippen LogP contribution in [0, 0.1) is 0 Å². The average Bonchev–Trinajstić information content (AvgIpc) is 2.89. The topological polar surface area (TPSA) is 78.7 Å². The van der Waals surface area contributed by atoms with Crippen molar-refractivity contribution in [3.63, 3.8) is 0 Å². The second-order valence-corrected chi connectivity index (χ2v) is 7.07. The van der Waals surface area contributed by atoms with Crippen molar-refractivity contribution in [2.45, 2.75) is 58.0 Å². The van der Waals surface area contributed by atoms with Crippen LogP contribution >= 0.6 is 0 Å². The van der Waals surface area contributed by atoms with E-state index in [0.29, 0.717) is 19.4 Å². The van der Waals surface area contributed by atoms with Gasteiger partial charge in [0, 0.05) is 32.5 Å². The molecule has 3 heterocycles. The van der Waals surface area contributed by atoms with Crippen LogP contribution in [0.5, 0.6) is 0 Å². The van der Waals surface area contributed by atoms with Crippen molar-refractivity contribution in [1.29, 1.82) is 0 Å². The quantitative estimate of drug-likeness (QED) is 0.843. The standard InChI is InChI=1S/C18H28N4O3/c23-17(7-12-20-8-2-1-3-9-20)21-10-4-11-22-16(14-21)13-15(19-22)5-6-18(24)25/h13H,1-12,14H2,(H,24,25). The summed E-state index contributed by atoms with van der Waals surface area (Å²) in [6.45, 7) is 5.24. The van der Waals surface area contributed by atoms with Crippen LogP contribution in [0.25, 0.3) is 0 Å². The van der Waals surface area contributed by atoms with Crippen molar-refractivity contribution in [2.24, 2.45) is 0 Å². The minimum atomic E-state index is -0.808. The molecule has 25 heavy (non-hydrogen) atoms. The lowest BCUT2D eigenvalue weighted by Crippen LogP contribution is -2.36. The predicted molar refractivity (Wildman–Crippen MR) is 93.1 cm³/mol. The van der Waals surface area contributed by atoms with E-state index in [1.165, 1.54) is 19.3 Å². The smallest absolute Gasteiger partial charge is 0.303 e.